The molecule has 3 rings (SSSR count). The quantitative estimate of drug-likeness (QED) is 0.527. The molecule has 0 saturated carbocycles. The fraction of sp³-hybridized carbons (Fsp3) is 0.238. The van der Waals surface area contributed by atoms with Crippen LogP contribution in [0.2, 0.25) is 0 Å². The lowest BCUT2D eigenvalue weighted by Gasteiger charge is -2.07. The summed E-state index contributed by atoms with van der Waals surface area (Å²) in [4.78, 5) is 19.4. The van der Waals surface area contributed by atoms with E-state index in [0.717, 1.165) is 26.8 Å². The van der Waals surface area contributed by atoms with Crippen molar-refractivity contribution < 1.29 is 9.53 Å². The van der Waals surface area contributed by atoms with Gasteiger partial charge in [-0.05, 0) is 49.4 Å². The van der Waals surface area contributed by atoms with Crippen LogP contribution in [-0.2, 0) is 0 Å². The highest BCUT2D eigenvalue weighted by molar-refractivity contribution is 7.99. The van der Waals surface area contributed by atoms with Gasteiger partial charge in [-0.15, -0.1) is 23.1 Å². The van der Waals surface area contributed by atoms with E-state index in [-0.39, 0.29) is 5.91 Å². The van der Waals surface area contributed by atoms with Crippen LogP contribution >= 0.6 is 23.1 Å². The molecule has 2 aromatic carbocycles. The van der Waals surface area contributed by atoms with Gasteiger partial charge in [0.1, 0.15) is 5.75 Å². The van der Waals surface area contributed by atoms with Crippen LogP contribution in [-0.4, -0.2) is 23.3 Å². The Kier molecular flexibility index (Phi) is 6.19. The average molecular weight is 399 g/mol. The molecule has 1 N–H and O–H groups in total. The van der Waals surface area contributed by atoms with Crippen LogP contribution in [0.15, 0.2) is 53.4 Å². The first-order chi connectivity index (χ1) is 13.0. The summed E-state index contributed by atoms with van der Waals surface area (Å²) in [6.07, 6.45) is 0. The van der Waals surface area contributed by atoms with E-state index in [9.17, 15) is 4.79 Å². The second-order valence-electron chi connectivity index (χ2n) is 6.30. The summed E-state index contributed by atoms with van der Waals surface area (Å²) in [6, 6.07) is 15.4. The van der Waals surface area contributed by atoms with Gasteiger partial charge in [-0.2, -0.15) is 0 Å². The minimum absolute atomic E-state index is 0.142. The molecule has 1 heterocycles. The molecule has 0 fully saturated rings. The highest BCUT2D eigenvalue weighted by atomic mass is 32.2. The van der Waals surface area contributed by atoms with Crippen molar-refractivity contribution in [2.75, 3.05) is 12.4 Å². The molecule has 1 amide bonds. The molecule has 0 spiro atoms. The van der Waals surface area contributed by atoms with E-state index in [1.165, 1.54) is 11.3 Å². The number of carbonyl (C=O) groups excluding carboxylic acids is 1. The molecule has 0 bridgehead atoms. The van der Waals surface area contributed by atoms with Crippen molar-refractivity contribution in [2.24, 2.45) is 0 Å². The van der Waals surface area contributed by atoms with Gasteiger partial charge in [0.2, 0.25) is 0 Å². The van der Waals surface area contributed by atoms with E-state index in [4.69, 9.17) is 4.74 Å². The summed E-state index contributed by atoms with van der Waals surface area (Å²) in [5, 5.41) is 4.00. The van der Waals surface area contributed by atoms with Crippen molar-refractivity contribution >= 4 is 34.1 Å². The van der Waals surface area contributed by atoms with Crippen LogP contribution < -0.4 is 10.1 Å². The number of rotatable bonds is 6. The molecule has 0 aliphatic carbocycles. The molecule has 0 aliphatic rings. The standard InChI is InChI=1S/C21H22N2O2S2/c1-13(2)26-18-7-5-6-16(12-18)20(24)23-21-22-19(14(3)27-21)15-8-10-17(25-4)11-9-15/h5-13H,1-4H3,(H,22,23,24). The van der Waals surface area contributed by atoms with E-state index < -0.39 is 0 Å². The zero-order valence-electron chi connectivity index (χ0n) is 15.8. The number of methoxy groups -OCH3 is 1. The number of aromatic nitrogens is 1. The maximum atomic E-state index is 12.6. The monoisotopic (exact) mass is 398 g/mol. The van der Waals surface area contributed by atoms with Gasteiger partial charge in [-0.3, -0.25) is 10.1 Å². The maximum absolute atomic E-state index is 12.6. The zero-order valence-corrected chi connectivity index (χ0v) is 17.4. The number of hydrogen-bond donors (Lipinski definition) is 1. The van der Waals surface area contributed by atoms with Crippen molar-refractivity contribution in [3.63, 3.8) is 0 Å². The van der Waals surface area contributed by atoms with Gasteiger partial charge >= 0.3 is 0 Å². The van der Waals surface area contributed by atoms with Crippen molar-refractivity contribution in [3.8, 4) is 17.0 Å². The van der Waals surface area contributed by atoms with Crippen LogP contribution in [0.25, 0.3) is 11.3 Å². The number of nitrogens with one attached hydrogen (secondary N) is 1. The van der Waals surface area contributed by atoms with Crippen molar-refractivity contribution in [2.45, 2.75) is 30.9 Å². The Hall–Kier alpha value is -2.31. The van der Waals surface area contributed by atoms with Gasteiger partial charge in [0.25, 0.3) is 5.91 Å². The molecule has 27 heavy (non-hydrogen) atoms. The molecule has 3 aromatic rings. The number of thiazole rings is 1. The Balaban J connectivity index is 1.77. The third-order valence-electron chi connectivity index (χ3n) is 3.85. The first-order valence-corrected chi connectivity index (χ1v) is 10.4. The minimum Gasteiger partial charge on any atom is -0.497 e. The van der Waals surface area contributed by atoms with E-state index >= 15 is 0 Å². The Bertz CT molecular complexity index is 934. The molecule has 0 saturated heterocycles. The fourth-order valence-electron chi connectivity index (χ4n) is 2.62. The fourth-order valence-corrected chi connectivity index (χ4v) is 4.35. The number of thioether (sulfide) groups is 1. The number of aryl methyl sites for hydroxylation is 1. The lowest BCUT2D eigenvalue weighted by Crippen LogP contribution is -2.11. The summed E-state index contributed by atoms with van der Waals surface area (Å²) >= 11 is 3.22. The van der Waals surface area contributed by atoms with E-state index in [0.29, 0.717) is 15.9 Å². The van der Waals surface area contributed by atoms with Gasteiger partial charge in [-0.25, -0.2) is 4.98 Å². The number of ether oxygens (including phenoxy) is 1. The van der Waals surface area contributed by atoms with E-state index in [2.05, 4.69) is 24.1 Å². The van der Waals surface area contributed by atoms with Crippen LogP contribution in [0.1, 0.15) is 29.1 Å². The van der Waals surface area contributed by atoms with Gasteiger partial charge in [-0.1, -0.05) is 19.9 Å². The molecule has 1 aromatic heterocycles. The van der Waals surface area contributed by atoms with E-state index in [1.807, 2.05) is 55.5 Å². The summed E-state index contributed by atoms with van der Waals surface area (Å²) in [7, 11) is 1.64. The zero-order chi connectivity index (χ0) is 19.4. The van der Waals surface area contributed by atoms with E-state index in [1.54, 1.807) is 18.9 Å². The van der Waals surface area contributed by atoms with Gasteiger partial charge in [0.05, 0.1) is 12.8 Å². The number of nitrogens with zero attached hydrogens (tertiary/aromatic N) is 1. The summed E-state index contributed by atoms with van der Waals surface area (Å²) in [6.45, 7) is 6.28. The number of benzene rings is 2. The summed E-state index contributed by atoms with van der Waals surface area (Å²) < 4.78 is 5.20. The molecule has 0 aliphatic heterocycles. The summed E-state index contributed by atoms with van der Waals surface area (Å²) in [5.41, 5.74) is 2.52. The molecule has 140 valence electrons. The van der Waals surface area contributed by atoms with Gasteiger partial charge in [0.15, 0.2) is 5.13 Å². The molecular weight excluding hydrogens is 376 g/mol. The van der Waals surface area contributed by atoms with Crippen molar-refractivity contribution in [1.82, 2.24) is 4.98 Å². The van der Waals surface area contributed by atoms with Crippen molar-refractivity contribution in [1.29, 1.82) is 0 Å². The predicted molar refractivity (Wildman–Crippen MR) is 114 cm³/mol. The normalized spacial score (nSPS) is 10.9. The Morgan fingerprint density at radius 3 is 2.59 bits per heavy atom. The smallest absolute Gasteiger partial charge is 0.257 e. The molecule has 6 heteroatoms. The average Bonchev–Trinajstić information content (AvgIpc) is 3.01. The van der Waals surface area contributed by atoms with Gasteiger partial charge in [0, 0.05) is 26.1 Å². The predicted octanol–water partition coefficient (Wildman–Crippen LogP) is 5.88. The molecular formula is C21H22N2O2S2. The van der Waals surface area contributed by atoms with Crippen molar-refractivity contribution in [3.05, 3.63) is 59.0 Å². The van der Waals surface area contributed by atoms with Crippen LogP contribution in [0.4, 0.5) is 5.13 Å². The number of amides is 1. The second-order valence-corrected chi connectivity index (χ2v) is 9.15. The summed E-state index contributed by atoms with van der Waals surface area (Å²) in [5.74, 6) is 0.663. The van der Waals surface area contributed by atoms with Gasteiger partial charge < -0.3 is 4.74 Å². The molecule has 4 nitrogen and oxygen atoms in total. The first kappa shape index (κ1) is 19.5. The number of carbonyl (C=O) groups is 1. The third kappa shape index (κ3) is 4.90. The Morgan fingerprint density at radius 2 is 1.93 bits per heavy atom. The number of anilines is 1. The molecule has 0 atom stereocenters. The highest BCUT2D eigenvalue weighted by Gasteiger charge is 2.14. The van der Waals surface area contributed by atoms with Crippen LogP contribution in [0.3, 0.4) is 0 Å². The minimum atomic E-state index is -0.142. The second kappa shape index (κ2) is 8.59. The topological polar surface area (TPSA) is 51.2 Å². The Morgan fingerprint density at radius 1 is 1.19 bits per heavy atom. The lowest BCUT2D eigenvalue weighted by molar-refractivity contribution is 0.102. The highest BCUT2D eigenvalue weighted by Crippen LogP contribution is 2.31. The Labute approximate surface area is 168 Å². The van der Waals surface area contributed by atoms with Crippen LogP contribution in [0.5, 0.6) is 5.75 Å². The SMILES string of the molecule is COc1ccc(-c2nc(NC(=O)c3cccc(SC(C)C)c3)sc2C)cc1. The molecule has 0 radical (unpaired) electrons. The lowest BCUT2D eigenvalue weighted by atomic mass is 10.1. The maximum Gasteiger partial charge on any atom is 0.257 e. The van der Waals surface area contributed by atoms with Crippen LogP contribution in [0, 0.1) is 6.92 Å². The number of hydrogen-bond acceptors (Lipinski definition) is 5. The third-order valence-corrected chi connectivity index (χ3v) is 5.73. The molecule has 0 unspecified atom stereocenters. The largest absolute Gasteiger partial charge is 0.497 e. The first-order valence-electron chi connectivity index (χ1n) is 8.66.